The smallest absolute Gasteiger partial charge is 0.223 e. The van der Waals surface area contributed by atoms with E-state index in [2.05, 4.69) is 28.2 Å². The largest absolute Gasteiger partial charge is 0.493 e. The highest BCUT2D eigenvalue weighted by atomic mass is 79.9. The summed E-state index contributed by atoms with van der Waals surface area (Å²) in [4.78, 5) is 13.1. The minimum atomic E-state index is 0.134. The normalized spacial score (nSPS) is 10.4. The molecule has 0 saturated carbocycles. The summed E-state index contributed by atoms with van der Waals surface area (Å²) in [7, 11) is 3.54. The van der Waals surface area contributed by atoms with Crippen molar-refractivity contribution in [3.8, 4) is 5.75 Å². The summed E-state index contributed by atoms with van der Waals surface area (Å²) in [5, 5.41) is 3.28. The Morgan fingerprint density at radius 2 is 2.15 bits per heavy atom. The zero-order valence-electron chi connectivity index (χ0n) is 12.4. The number of benzene rings is 1. The number of halogens is 1. The van der Waals surface area contributed by atoms with E-state index < -0.39 is 0 Å². The number of ether oxygens (including phenoxy) is 1. The monoisotopic (exact) mass is 342 g/mol. The van der Waals surface area contributed by atoms with E-state index >= 15 is 0 Å². The lowest BCUT2D eigenvalue weighted by molar-refractivity contribution is -0.128. The van der Waals surface area contributed by atoms with Gasteiger partial charge in [-0.05, 0) is 24.6 Å². The Morgan fingerprint density at radius 3 is 2.80 bits per heavy atom. The summed E-state index contributed by atoms with van der Waals surface area (Å²) in [6.45, 7) is 4.16. The minimum absolute atomic E-state index is 0.134. The van der Waals surface area contributed by atoms with Crippen LogP contribution in [0.3, 0.4) is 0 Å². The van der Waals surface area contributed by atoms with Crippen LogP contribution < -0.4 is 10.1 Å². The third-order valence-electron chi connectivity index (χ3n) is 2.81. The Hall–Kier alpha value is -1.07. The van der Waals surface area contributed by atoms with Crippen molar-refractivity contribution in [2.75, 3.05) is 27.2 Å². The first kappa shape index (κ1) is 17.0. The van der Waals surface area contributed by atoms with Crippen molar-refractivity contribution in [3.63, 3.8) is 0 Å². The Morgan fingerprint density at radius 1 is 1.40 bits per heavy atom. The second-order valence-electron chi connectivity index (χ2n) is 4.82. The van der Waals surface area contributed by atoms with E-state index in [4.69, 9.17) is 4.74 Å². The molecule has 0 heterocycles. The number of amides is 1. The van der Waals surface area contributed by atoms with Crippen molar-refractivity contribution in [2.24, 2.45) is 0 Å². The molecule has 0 bridgehead atoms. The third-order valence-corrected chi connectivity index (χ3v) is 3.31. The van der Waals surface area contributed by atoms with Crippen LogP contribution in [0.15, 0.2) is 22.7 Å². The molecule has 0 unspecified atom stereocenters. The Labute approximate surface area is 129 Å². The fraction of sp³-hybridized carbons (Fsp3) is 0.533. The first-order valence-corrected chi connectivity index (χ1v) is 7.66. The number of hydrogen-bond donors (Lipinski definition) is 1. The predicted octanol–water partition coefficient (Wildman–Crippen LogP) is 2.81. The van der Waals surface area contributed by atoms with Gasteiger partial charge in [0.05, 0.1) is 6.61 Å². The molecule has 0 aliphatic carbocycles. The lowest BCUT2D eigenvalue weighted by atomic mass is 10.2. The number of nitrogens with one attached hydrogen (secondary N) is 1. The van der Waals surface area contributed by atoms with Gasteiger partial charge in [-0.3, -0.25) is 4.79 Å². The van der Waals surface area contributed by atoms with Gasteiger partial charge in [0.15, 0.2) is 0 Å². The standard InChI is InChI=1S/C15H23BrN2O2/c1-4-9-20-14-6-5-13(16)10-12(14)11-17-8-7-15(19)18(2)3/h5-6,10,17H,4,7-9,11H2,1-3H3. The molecular formula is C15H23BrN2O2. The first-order chi connectivity index (χ1) is 9.54. The maximum Gasteiger partial charge on any atom is 0.223 e. The van der Waals surface area contributed by atoms with Crippen molar-refractivity contribution in [3.05, 3.63) is 28.2 Å². The van der Waals surface area contributed by atoms with Crippen LogP contribution >= 0.6 is 15.9 Å². The number of carbonyl (C=O) groups is 1. The molecule has 1 aromatic carbocycles. The zero-order valence-corrected chi connectivity index (χ0v) is 14.0. The van der Waals surface area contributed by atoms with Crippen LogP contribution in [-0.2, 0) is 11.3 Å². The molecule has 0 radical (unpaired) electrons. The van der Waals surface area contributed by atoms with E-state index in [-0.39, 0.29) is 5.91 Å². The first-order valence-electron chi connectivity index (χ1n) is 6.86. The van der Waals surface area contributed by atoms with Gasteiger partial charge in [0.1, 0.15) is 5.75 Å². The number of rotatable bonds is 8. The van der Waals surface area contributed by atoms with Gasteiger partial charge in [0.25, 0.3) is 0 Å². The van der Waals surface area contributed by atoms with E-state index in [1.165, 1.54) is 0 Å². The quantitative estimate of drug-likeness (QED) is 0.738. The van der Waals surface area contributed by atoms with Gasteiger partial charge in [-0.15, -0.1) is 0 Å². The maximum atomic E-state index is 11.5. The molecule has 1 amide bonds. The van der Waals surface area contributed by atoms with Gasteiger partial charge in [0, 0.05) is 43.6 Å². The van der Waals surface area contributed by atoms with Crippen LogP contribution in [0.25, 0.3) is 0 Å². The average Bonchev–Trinajstić information content (AvgIpc) is 2.42. The Balaban J connectivity index is 2.49. The molecule has 1 N–H and O–H groups in total. The van der Waals surface area contributed by atoms with Crippen LogP contribution in [0.1, 0.15) is 25.3 Å². The van der Waals surface area contributed by atoms with E-state index in [1.54, 1.807) is 19.0 Å². The van der Waals surface area contributed by atoms with Crippen LogP contribution in [0.5, 0.6) is 5.75 Å². The molecule has 0 aliphatic rings. The fourth-order valence-electron chi connectivity index (χ4n) is 1.68. The second-order valence-corrected chi connectivity index (χ2v) is 5.73. The molecule has 4 nitrogen and oxygen atoms in total. The predicted molar refractivity (Wildman–Crippen MR) is 84.9 cm³/mol. The van der Waals surface area contributed by atoms with E-state index in [1.807, 2.05) is 18.2 Å². The molecule has 0 fully saturated rings. The van der Waals surface area contributed by atoms with Crippen molar-refractivity contribution < 1.29 is 9.53 Å². The Bertz CT molecular complexity index is 436. The van der Waals surface area contributed by atoms with Gasteiger partial charge in [-0.1, -0.05) is 22.9 Å². The van der Waals surface area contributed by atoms with Crippen LogP contribution in [0, 0.1) is 0 Å². The van der Waals surface area contributed by atoms with Gasteiger partial charge in [-0.25, -0.2) is 0 Å². The summed E-state index contributed by atoms with van der Waals surface area (Å²) in [6, 6.07) is 6.00. The number of nitrogens with zero attached hydrogens (tertiary/aromatic N) is 1. The number of hydrogen-bond acceptors (Lipinski definition) is 3. The van der Waals surface area contributed by atoms with Gasteiger partial charge in [0.2, 0.25) is 5.91 Å². The van der Waals surface area contributed by atoms with Gasteiger partial charge in [-0.2, -0.15) is 0 Å². The molecule has 0 aliphatic heterocycles. The molecule has 1 aromatic rings. The molecule has 0 aromatic heterocycles. The molecule has 1 rings (SSSR count). The highest BCUT2D eigenvalue weighted by molar-refractivity contribution is 9.10. The molecule has 112 valence electrons. The lowest BCUT2D eigenvalue weighted by Crippen LogP contribution is -2.26. The third kappa shape index (κ3) is 5.92. The van der Waals surface area contributed by atoms with Crippen molar-refractivity contribution in [1.29, 1.82) is 0 Å². The molecule has 0 atom stereocenters. The lowest BCUT2D eigenvalue weighted by Gasteiger charge is -2.13. The highest BCUT2D eigenvalue weighted by Gasteiger charge is 2.06. The summed E-state index contributed by atoms with van der Waals surface area (Å²) in [5.41, 5.74) is 1.10. The van der Waals surface area contributed by atoms with Crippen LogP contribution in [0.2, 0.25) is 0 Å². The summed E-state index contributed by atoms with van der Waals surface area (Å²) in [6.07, 6.45) is 1.49. The topological polar surface area (TPSA) is 41.6 Å². The Kier molecular flexibility index (Phi) is 7.62. The summed E-state index contributed by atoms with van der Waals surface area (Å²) < 4.78 is 6.75. The minimum Gasteiger partial charge on any atom is -0.493 e. The fourth-order valence-corrected chi connectivity index (χ4v) is 2.09. The van der Waals surface area contributed by atoms with Crippen LogP contribution in [0.4, 0.5) is 0 Å². The molecular weight excluding hydrogens is 320 g/mol. The number of carbonyl (C=O) groups excluding carboxylic acids is 1. The van der Waals surface area contributed by atoms with Gasteiger partial charge < -0.3 is 15.0 Å². The zero-order chi connectivity index (χ0) is 15.0. The average molecular weight is 343 g/mol. The van der Waals surface area contributed by atoms with Crippen molar-refractivity contribution >= 4 is 21.8 Å². The van der Waals surface area contributed by atoms with Crippen molar-refractivity contribution in [1.82, 2.24) is 10.2 Å². The van der Waals surface area contributed by atoms with E-state index in [0.717, 1.165) is 22.2 Å². The molecule has 0 spiro atoms. The maximum absolute atomic E-state index is 11.5. The second kappa shape index (κ2) is 8.97. The van der Waals surface area contributed by atoms with Crippen molar-refractivity contribution in [2.45, 2.75) is 26.3 Å². The SMILES string of the molecule is CCCOc1ccc(Br)cc1CNCCC(=O)N(C)C. The van der Waals surface area contributed by atoms with Crippen LogP contribution in [-0.4, -0.2) is 38.1 Å². The molecule has 20 heavy (non-hydrogen) atoms. The molecule has 0 saturated heterocycles. The summed E-state index contributed by atoms with van der Waals surface area (Å²) >= 11 is 3.47. The summed E-state index contributed by atoms with van der Waals surface area (Å²) in [5.74, 6) is 1.04. The van der Waals surface area contributed by atoms with E-state index in [0.29, 0.717) is 26.1 Å². The van der Waals surface area contributed by atoms with E-state index in [9.17, 15) is 4.79 Å². The highest BCUT2D eigenvalue weighted by Crippen LogP contribution is 2.23. The molecule has 5 heteroatoms. The van der Waals surface area contributed by atoms with Gasteiger partial charge >= 0.3 is 0 Å².